The molecule has 4 rings (SSSR count). The first-order valence-corrected chi connectivity index (χ1v) is 11.1. The molecule has 1 aromatic heterocycles. The fraction of sp³-hybridized carbons (Fsp3) is 0.727. The van der Waals surface area contributed by atoms with E-state index in [1.165, 1.54) is 12.8 Å². The normalized spacial score (nSPS) is 23.7. The van der Waals surface area contributed by atoms with Crippen molar-refractivity contribution in [3.63, 3.8) is 0 Å². The van der Waals surface area contributed by atoms with Crippen LogP contribution in [0, 0.1) is 5.92 Å². The van der Waals surface area contributed by atoms with Gasteiger partial charge >= 0.3 is 0 Å². The van der Waals surface area contributed by atoms with Gasteiger partial charge in [-0.05, 0) is 44.7 Å². The second-order valence-electron chi connectivity index (χ2n) is 9.03. The Morgan fingerprint density at radius 3 is 2.66 bits per heavy atom. The number of carbonyl (C=O) groups excluding carboxylic acids is 2. The topological polar surface area (TPSA) is 69.6 Å². The number of carbonyl (C=O) groups is 2. The van der Waals surface area contributed by atoms with E-state index >= 15 is 0 Å². The van der Waals surface area contributed by atoms with Gasteiger partial charge in [-0.15, -0.1) is 0 Å². The zero-order chi connectivity index (χ0) is 20.4. The van der Waals surface area contributed by atoms with Crippen molar-refractivity contribution in [1.29, 1.82) is 0 Å². The summed E-state index contributed by atoms with van der Waals surface area (Å²) in [5, 5.41) is 0. The molecule has 7 heteroatoms. The van der Waals surface area contributed by atoms with E-state index in [9.17, 15) is 9.59 Å². The molecular formula is C22H33N5O2. The van der Waals surface area contributed by atoms with Crippen molar-refractivity contribution in [2.24, 2.45) is 5.92 Å². The Morgan fingerprint density at radius 1 is 1.10 bits per heavy atom. The third kappa shape index (κ3) is 4.77. The molecule has 7 nitrogen and oxygen atoms in total. The van der Waals surface area contributed by atoms with Gasteiger partial charge in [0.05, 0.1) is 12.2 Å². The smallest absolute Gasteiger partial charge is 0.236 e. The van der Waals surface area contributed by atoms with Gasteiger partial charge in [-0.25, -0.2) is 9.97 Å². The zero-order valence-corrected chi connectivity index (χ0v) is 17.8. The lowest BCUT2D eigenvalue weighted by Gasteiger charge is -2.35. The van der Waals surface area contributed by atoms with Crippen molar-refractivity contribution in [2.45, 2.75) is 58.4 Å². The van der Waals surface area contributed by atoms with Crippen LogP contribution in [0.2, 0.25) is 0 Å². The molecule has 0 saturated carbocycles. The maximum Gasteiger partial charge on any atom is 0.236 e. The van der Waals surface area contributed by atoms with Crippen LogP contribution in [0.1, 0.15) is 62.5 Å². The van der Waals surface area contributed by atoms with Crippen molar-refractivity contribution >= 4 is 11.8 Å². The predicted octanol–water partition coefficient (Wildman–Crippen LogP) is 1.82. The summed E-state index contributed by atoms with van der Waals surface area (Å²) in [5.74, 6) is 2.21. The highest BCUT2D eigenvalue weighted by molar-refractivity contribution is 5.78. The van der Waals surface area contributed by atoms with Crippen molar-refractivity contribution in [2.75, 3.05) is 39.3 Å². The Morgan fingerprint density at radius 2 is 1.90 bits per heavy atom. The van der Waals surface area contributed by atoms with Crippen molar-refractivity contribution in [3.05, 3.63) is 23.3 Å². The minimum atomic E-state index is 0.101. The number of rotatable bonds is 3. The number of hydrogen-bond donors (Lipinski definition) is 0. The van der Waals surface area contributed by atoms with Crippen LogP contribution in [0.25, 0.3) is 0 Å². The number of amides is 2. The molecule has 1 unspecified atom stereocenters. The Kier molecular flexibility index (Phi) is 6.13. The molecule has 1 aromatic rings. The Bertz CT molecular complexity index is 760. The average Bonchev–Trinajstić information content (AvgIpc) is 2.74. The van der Waals surface area contributed by atoms with Crippen LogP contribution >= 0.6 is 0 Å². The van der Waals surface area contributed by atoms with Gasteiger partial charge < -0.3 is 9.80 Å². The molecule has 2 fully saturated rings. The maximum absolute atomic E-state index is 12.9. The van der Waals surface area contributed by atoms with Crippen LogP contribution in [0.4, 0.5) is 0 Å². The minimum absolute atomic E-state index is 0.101. The summed E-state index contributed by atoms with van der Waals surface area (Å²) in [7, 11) is 0. The molecule has 1 atom stereocenters. The average molecular weight is 400 g/mol. The molecule has 0 N–H and O–H groups in total. The molecule has 3 aliphatic rings. The third-order valence-electron chi connectivity index (χ3n) is 6.77. The summed E-state index contributed by atoms with van der Waals surface area (Å²) < 4.78 is 0. The lowest BCUT2D eigenvalue weighted by Crippen LogP contribution is -2.46. The largest absolute Gasteiger partial charge is 0.341 e. The number of piperidine rings is 2. The van der Waals surface area contributed by atoms with Crippen LogP contribution in [0.5, 0.6) is 0 Å². The van der Waals surface area contributed by atoms with Gasteiger partial charge in [0.1, 0.15) is 5.82 Å². The Labute approximate surface area is 173 Å². The standard InChI is InChI=1S/C22H33N5O2/c1-16-5-9-25(10-6-16)15-21(29)27-8-3-4-18(13-27)22-23-12-19-14-26(17(2)28)11-7-20(19)24-22/h12,16,18H,3-11,13-15H2,1-2H3. The number of fused-ring (bicyclic) bond motifs is 1. The summed E-state index contributed by atoms with van der Waals surface area (Å²) >= 11 is 0. The molecule has 0 aromatic carbocycles. The molecule has 0 radical (unpaired) electrons. The molecule has 158 valence electrons. The first-order valence-electron chi connectivity index (χ1n) is 11.1. The van der Waals surface area contributed by atoms with E-state index in [1.807, 2.05) is 16.0 Å². The molecule has 29 heavy (non-hydrogen) atoms. The molecular weight excluding hydrogens is 366 g/mol. The van der Waals surface area contributed by atoms with Crippen LogP contribution in [-0.2, 0) is 22.6 Å². The van der Waals surface area contributed by atoms with E-state index in [0.29, 0.717) is 13.1 Å². The molecule has 0 spiro atoms. The van der Waals surface area contributed by atoms with E-state index in [1.54, 1.807) is 6.92 Å². The lowest BCUT2D eigenvalue weighted by atomic mass is 9.96. The zero-order valence-electron chi connectivity index (χ0n) is 17.8. The molecule has 2 amide bonds. The molecule has 0 aliphatic carbocycles. The van der Waals surface area contributed by atoms with Gasteiger partial charge in [-0.3, -0.25) is 14.5 Å². The maximum atomic E-state index is 12.9. The van der Waals surface area contributed by atoms with E-state index in [4.69, 9.17) is 4.98 Å². The second kappa shape index (κ2) is 8.78. The first-order chi connectivity index (χ1) is 14.0. The monoisotopic (exact) mass is 399 g/mol. The number of nitrogens with zero attached hydrogens (tertiary/aromatic N) is 5. The van der Waals surface area contributed by atoms with Gasteiger partial charge in [-0.1, -0.05) is 6.92 Å². The summed E-state index contributed by atoms with van der Waals surface area (Å²) in [4.78, 5) is 40.1. The summed E-state index contributed by atoms with van der Waals surface area (Å²) in [5.41, 5.74) is 2.12. The quantitative estimate of drug-likeness (QED) is 0.775. The minimum Gasteiger partial charge on any atom is -0.341 e. The van der Waals surface area contributed by atoms with Crippen molar-refractivity contribution in [3.8, 4) is 0 Å². The van der Waals surface area contributed by atoms with E-state index in [0.717, 1.165) is 75.0 Å². The number of hydrogen-bond acceptors (Lipinski definition) is 5. The van der Waals surface area contributed by atoms with Gasteiger partial charge in [0.2, 0.25) is 11.8 Å². The van der Waals surface area contributed by atoms with Gasteiger partial charge in [0, 0.05) is 57.2 Å². The van der Waals surface area contributed by atoms with E-state index in [2.05, 4.69) is 16.8 Å². The van der Waals surface area contributed by atoms with Crippen LogP contribution in [0.3, 0.4) is 0 Å². The predicted molar refractivity (Wildman–Crippen MR) is 110 cm³/mol. The summed E-state index contributed by atoms with van der Waals surface area (Å²) in [6.45, 7) is 9.43. The first kappa shape index (κ1) is 20.3. The van der Waals surface area contributed by atoms with Crippen LogP contribution in [-0.4, -0.2) is 75.8 Å². The van der Waals surface area contributed by atoms with Crippen molar-refractivity contribution < 1.29 is 9.59 Å². The highest BCUT2D eigenvalue weighted by Gasteiger charge is 2.29. The van der Waals surface area contributed by atoms with E-state index < -0.39 is 0 Å². The summed E-state index contributed by atoms with van der Waals surface area (Å²) in [6.07, 6.45) is 7.10. The van der Waals surface area contributed by atoms with E-state index in [-0.39, 0.29) is 17.7 Å². The molecule has 2 saturated heterocycles. The fourth-order valence-electron chi connectivity index (χ4n) is 4.72. The molecule has 3 aliphatic heterocycles. The van der Waals surface area contributed by atoms with Crippen molar-refractivity contribution in [1.82, 2.24) is 24.7 Å². The summed E-state index contributed by atoms with van der Waals surface area (Å²) in [6, 6.07) is 0. The lowest BCUT2D eigenvalue weighted by molar-refractivity contribution is -0.134. The SMILES string of the molecule is CC(=O)N1CCc2nc(C3CCCN(C(=O)CN4CCC(C)CC4)C3)ncc2C1. The van der Waals surface area contributed by atoms with Gasteiger partial charge in [0.25, 0.3) is 0 Å². The highest BCUT2D eigenvalue weighted by Crippen LogP contribution is 2.27. The van der Waals surface area contributed by atoms with Crippen LogP contribution < -0.4 is 0 Å². The molecule has 0 bridgehead atoms. The number of likely N-dealkylation sites (tertiary alicyclic amines) is 2. The second-order valence-corrected chi connectivity index (χ2v) is 9.03. The Balaban J connectivity index is 1.37. The third-order valence-corrected chi connectivity index (χ3v) is 6.77. The van der Waals surface area contributed by atoms with Gasteiger partial charge in [0.15, 0.2) is 0 Å². The van der Waals surface area contributed by atoms with Crippen LogP contribution in [0.15, 0.2) is 6.20 Å². The Hall–Kier alpha value is -2.02. The fourth-order valence-corrected chi connectivity index (χ4v) is 4.72. The highest BCUT2D eigenvalue weighted by atomic mass is 16.2. The number of aromatic nitrogens is 2. The molecule has 4 heterocycles. The van der Waals surface area contributed by atoms with Gasteiger partial charge in [-0.2, -0.15) is 0 Å².